The second-order valence-corrected chi connectivity index (χ2v) is 6.87. The molecule has 0 saturated carbocycles. The first kappa shape index (κ1) is 18.4. The van der Waals surface area contributed by atoms with Gasteiger partial charge in [-0.05, 0) is 55.1 Å². The Morgan fingerprint density at radius 2 is 2.00 bits per heavy atom. The largest absolute Gasteiger partial charge is 0.504 e. The van der Waals surface area contributed by atoms with Crippen molar-refractivity contribution in [2.75, 3.05) is 13.7 Å². The quantitative estimate of drug-likeness (QED) is 0.772. The van der Waals surface area contributed by atoms with Crippen molar-refractivity contribution in [1.29, 1.82) is 0 Å². The van der Waals surface area contributed by atoms with Gasteiger partial charge in [0.2, 0.25) is 0 Å². The predicted molar refractivity (Wildman–Crippen MR) is 106 cm³/mol. The zero-order valence-corrected chi connectivity index (χ0v) is 15.8. The number of nitrogens with zero attached hydrogens (tertiary/aromatic N) is 2. The fraction of sp³-hybridized carbons (Fsp3) is 0.158. The Balaban J connectivity index is 1.95. The summed E-state index contributed by atoms with van der Waals surface area (Å²) in [7, 11) is 1.48. The van der Waals surface area contributed by atoms with Crippen molar-refractivity contribution in [2.45, 2.75) is 6.92 Å². The molecule has 1 amide bonds. The molecule has 1 fully saturated rings. The van der Waals surface area contributed by atoms with E-state index in [-0.39, 0.29) is 11.7 Å². The molecule has 2 aromatic rings. The van der Waals surface area contributed by atoms with Crippen LogP contribution in [0.25, 0.3) is 6.08 Å². The first-order chi connectivity index (χ1) is 12.5. The molecule has 1 aliphatic heterocycles. The van der Waals surface area contributed by atoms with Gasteiger partial charge in [-0.15, -0.1) is 0 Å². The number of amidine groups is 1. The molecule has 0 spiro atoms. The number of benzene rings is 2. The summed E-state index contributed by atoms with van der Waals surface area (Å²) < 4.78 is 5.11. The average Bonchev–Trinajstić information content (AvgIpc) is 2.93. The third-order valence-electron chi connectivity index (χ3n) is 3.79. The minimum absolute atomic E-state index is 0.00189. The predicted octanol–water partition coefficient (Wildman–Crippen LogP) is 4.68. The third kappa shape index (κ3) is 3.71. The molecular weight excluding hydrogens is 372 g/mol. The molecule has 0 atom stereocenters. The number of hydrogen-bond donors (Lipinski definition) is 1. The molecule has 5 nitrogen and oxygen atoms in total. The number of phenolic OH excluding ortho intramolecular Hbond substituents is 1. The maximum atomic E-state index is 12.7. The number of aromatic hydroxyl groups is 1. The van der Waals surface area contributed by atoms with E-state index >= 15 is 0 Å². The number of methoxy groups -OCH3 is 1. The minimum atomic E-state index is -0.146. The Labute approximate surface area is 160 Å². The van der Waals surface area contributed by atoms with Crippen molar-refractivity contribution in [3.8, 4) is 11.5 Å². The number of aliphatic imine (C=N–C) groups is 1. The number of ether oxygens (including phenoxy) is 1. The molecular formula is C19H17ClN2O3S. The zero-order valence-electron chi connectivity index (χ0n) is 14.3. The number of carbonyl (C=O) groups excluding carboxylic acids is 1. The number of carbonyl (C=O) groups is 1. The van der Waals surface area contributed by atoms with Crippen molar-refractivity contribution >= 4 is 46.2 Å². The molecule has 1 heterocycles. The van der Waals surface area contributed by atoms with Gasteiger partial charge in [-0.2, -0.15) is 0 Å². The van der Waals surface area contributed by atoms with Crippen LogP contribution in [0.1, 0.15) is 12.5 Å². The smallest absolute Gasteiger partial charge is 0.266 e. The number of halogens is 1. The number of hydrogen-bond acceptors (Lipinski definition) is 5. The summed E-state index contributed by atoms with van der Waals surface area (Å²) in [6.07, 6.45) is 1.65. The van der Waals surface area contributed by atoms with Gasteiger partial charge in [0.05, 0.1) is 17.7 Å². The highest BCUT2D eigenvalue weighted by Crippen LogP contribution is 2.37. The van der Waals surface area contributed by atoms with Crippen LogP contribution in [0.5, 0.6) is 11.5 Å². The van der Waals surface area contributed by atoms with Crippen LogP contribution in [0.3, 0.4) is 0 Å². The highest BCUT2D eigenvalue weighted by molar-refractivity contribution is 8.18. The maximum Gasteiger partial charge on any atom is 0.266 e. The topological polar surface area (TPSA) is 62.1 Å². The molecule has 2 aromatic carbocycles. The molecule has 1 saturated heterocycles. The SMILES string of the molecule is CCN1C(=O)/C(=C\c2cccc(OC)c2O)SC1=Nc1ccc(Cl)cc1. The molecule has 7 heteroatoms. The Morgan fingerprint density at radius 3 is 2.65 bits per heavy atom. The van der Waals surface area contributed by atoms with Crippen molar-refractivity contribution in [3.05, 3.63) is 58.0 Å². The van der Waals surface area contributed by atoms with Crippen LogP contribution in [-0.2, 0) is 4.79 Å². The van der Waals surface area contributed by atoms with Crippen molar-refractivity contribution in [1.82, 2.24) is 4.90 Å². The third-order valence-corrected chi connectivity index (χ3v) is 5.05. The standard InChI is InChI=1S/C19H17ClN2O3S/c1-3-22-18(24)16(11-12-5-4-6-15(25-2)17(12)23)26-19(22)21-14-9-7-13(20)8-10-14/h4-11,23H,3H2,1-2H3/b16-11+,21-19?. The van der Waals surface area contributed by atoms with E-state index in [2.05, 4.69) is 4.99 Å². The van der Waals surface area contributed by atoms with E-state index in [1.165, 1.54) is 18.9 Å². The van der Waals surface area contributed by atoms with Crippen LogP contribution in [-0.4, -0.2) is 34.7 Å². The molecule has 0 aliphatic carbocycles. The van der Waals surface area contributed by atoms with Crippen LogP contribution in [0.4, 0.5) is 5.69 Å². The van der Waals surface area contributed by atoms with Gasteiger partial charge in [0.1, 0.15) is 0 Å². The fourth-order valence-corrected chi connectivity index (χ4v) is 3.64. The lowest BCUT2D eigenvalue weighted by molar-refractivity contribution is -0.122. The van der Waals surface area contributed by atoms with Crippen LogP contribution in [0, 0.1) is 0 Å². The first-order valence-corrected chi connectivity index (χ1v) is 9.14. The van der Waals surface area contributed by atoms with Gasteiger partial charge in [0, 0.05) is 17.1 Å². The Hall–Kier alpha value is -2.44. The molecule has 0 radical (unpaired) electrons. The van der Waals surface area contributed by atoms with E-state index in [1.54, 1.807) is 53.4 Å². The number of likely N-dealkylation sites (N-methyl/N-ethyl adjacent to an activating group) is 1. The van der Waals surface area contributed by atoms with E-state index in [1.807, 2.05) is 6.92 Å². The lowest BCUT2D eigenvalue weighted by Gasteiger charge is -2.12. The van der Waals surface area contributed by atoms with Crippen molar-refractivity contribution in [3.63, 3.8) is 0 Å². The zero-order chi connectivity index (χ0) is 18.7. The van der Waals surface area contributed by atoms with E-state index < -0.39 is 0 Å². The second-order valence-electron chi connectivity index (χ2n) is 5.43. The molecule has 1 N–H and O–H groups in total. The number of amides is 1. The van der Waals surface area contributed by atoms with E-state index in [4.69, 9.17) is 16.3 Å². The fourth-order valence-electron chi connectivity index (χ4n) is 2.46. The van der Waals surface area contributed by atoms with Gasteiger partial charge >= 0.3 is 0 Å². The van der Waals surface area contributed by atoms with E-state index in [9.17, 15) is 9.90 Å². The number of thioether (sulfide) groups is 1. The van der Waals surface area contributed by atoms with Crippen LogP contribution in [0.2, 0.25) is 5.02 Å². The van der Waals surface area contributed by atoms with Gasteiger partial charge in [0.25, 0.3) is 5.91 Å². The molecule has 0 unspecified atom stereocenters. The van der Waals surface area contributed by atoms with Crippen LogP contribution < -0.4 is 4.74 Å². The number of phenols is 1. The van der Waals surface area contributed by atoms with Gasteiger partial charge in [-0.1, -0.05) is 23.7 Å². The summed E-state index contributed by atoms with van der Waals surface area (Å²) in [5.74, 6) is 0.215. The van der Waals surface area contributed by atoms with Gasteiger partial charge < -0.3 is 9.84 Å². The molecule has 3 rings (SSSR count). The average molecular weight is 389 g/mol. The summed E-state index contributed by atoms with van der Waals surface area (Å²) in [4.78, 5) is 19.3. The highest BCUT2D eigenvalue weighted by atomic mass is 35.5. The second kappa shape index (κ2) is 7.85. The molecule has 134 valence electrons. The van der Waals surface area contributed by atoms with E-state index in [0.29, 0.717) is 38.6 Å². The minimum Gasteiger partial charge on any atom is -0.504 e. The monoisotopic (exact) mass is 388 g/mol. The van der Waals surface area contributed by atoms with E-state index in [0.717, 1.165) is 0 Å². The van der Waals surface area contributed by atoms with Crippen LogP contribution >= 0.6 is 23.4 Å². The molecule has 0 bridgehead atoms. The van der Waals surface area contributed by atoms with Crippen molar-refractivity contribution in [2.24, 2.45) is 4.99 Å². The summed E-state index contributed by atoms with van der Waals surface area (Å²) in [5, 5.41) is 11.5. The summed E-state index contributed by atoms with van der Waals surface area (Å²) in [5.41, 5.74) is 1.23. The molecule has 0 aromatic heterocycles. The maximum absolute atomic E-state index is 12.7. The summed E-state index contributed by atoms with van der Waals surface area (Å²) in [6.45, 7) is 2.39. The summed E-state index contributed by atoms with van der Waals surface area (Å²) >= 11 is 7.17. The normalized spacial score (nSPS) is 17.3. The van der Waals surface area contributed by atoms with Gasteiger partial charge in [-0.3, -0.25) is 9.69 Å². The Kier molecular flexibility index (Phi) is 5.54. The lowest BCUT2D eigenvalue weighted by atomic mass is 10.1. The van der Waals surface area contributed by atoms with Gasteiger partial charge in [-0.25, -0.2) is 4.99 Å². The lowest BCUT2D eigenvalue weighted by Crippen LogP contribution is -2.28. The van der Waals surface area contributed by atoms with Crippen LogP contribution in [0.15, 0.2) is 52.4 Å². The Morgan fingerprint density at radius 1 is 1.27 bits per heavy atom. The molecule has 26 heavy (non-hydrogen) atoms. The van der Waals surface area contributed by atoms with Crippen molar-refractivity contribution < 1.29 is 14.6 Å². The Bertz CT molecular complexity index is 894. The summed E-state index contributed by atoms with van der Waals surface area (Å²) in [6, 6.07) is 12.2. The number of para-hydroxylation sites is 1. The first-order valence-electron chi connectivity index (χ1n) is 7.95. The van der Waals surface area contributed by atoms with Gasteiger partial charge in [0.15, 0.2) is 16.7 Å². The molecule has 1 aliphatic rings. The number of rotatable bonds is 4. The highest BCUT2D eigenvalue weighted by Gasteiger charge is 2.32.